The van der Waals surface area contributed by atoms with Crippen molar-refractivity contribution < 1.29 is 0 Å². The van der Waals surface area contributed by atoms with E-state index in [-0.39, 0.29) is 0 Å². The van der Waals surface area contributed by atoms with Gasteiger partial charge < -0.3 is 5.32 Å². The second kappa shape index (κ2) is 5.01. The van der Waals surface area contributed by atoms with Crippen LogP contribution < -0.4 is 5.32 Å². The lowest BCUT2D eigenvalue weighted by molar-refractivity contribution is 0.549. The molecule has 0 radical (unpaired) electrons. The molecule has 2 heterocycles. The third kappa shape index (κ3) is 2.05. The number of imidazole rings is 1. The van der Waals surface area contributed by atoms with Gasteiger partial charge in [0.15, 0.2) is 0 Å². The van der Waals surface area contributed by atoms with Gasteiger partial charge in [-0.1, -0.05) is 25.1 Å². The summed E-state index contributed by atoms with van der Waals surface area (Å²) in [7, 11) is 0. The number of fused-ring (bicyclic) bond motifs is 2. The third-order valence-corrected chi connectivity index (χ3v) is 4.40. The molecule has 3 aromatic rings. The second-order valence-corrected chi connectivity index (χ2v) is 5.63. The van der Waals surface area contributed by atoms with E-state index in [0.29, 0.717) is 6.04 Å². The minimum absolute atomic E-state index is 0.531. The van der Waals surface area contributed by atoms with Crippen molar-refractivity contribution in [2.75, 3.05) is 6.54 Å². The summed E-state index contributed by atoms with van der Waals surface area (Å²) >= 11 is 0. The van der Waals surface area contributed by atoms with Gasteiger partial charge >= 0.3 is 0 Å². The van der Waals surface area contributed by atoms with Gasteiger partial charge in [-0.3, -0.25) is 4.40 Å². The molecule has 1 aliphatic rings. The first kappa shape index (κ1) is 12.6. The summed E-state index contributed by atoms with van der Waals surface area (Å²) in [6, 6.07) is 13.7. The first-order valence-corrected chi connectivity index (χ1v) is 7.65. The minimum atomic E-state index is 0.531. The summed E-state index contributed by atoms with van der Waals surface area (Å²) in [4.78, 5) is 4.37. The molecule has 3 heteroatoms. The van der Waals surface area contributed by atoms with Gasteiger partial charge in [0.1, 0.15) is 5.65 Å². The number of aryl methyl sites for hydroxylation is 1. The predicted octanol–water partition coefficient (Wildman–Crippen LogP) is 3.60. The van der Waals surface area contributed by atoms with Crippen LogP contribution in [0, 0.1) is 0 Å². The zero-order chi connectivity index (χ0) is 14.2. The minimum Gasteiger partial charge on any atom is -0.310 e. The van der Waals surface area contributed by atoms with E-state index in [1.807, 2.05) is 18.5 Å². The number of hydrogen-bond donors (Lipinski definition) is 1. The molecule has 1 aliphatic carbocycles. The third-order valence-electron chi connectivity index (χ3n) is 4.40. The van der Waals surface area contributed by atoms with Gasteiger partial charge in [0, 0.05) is 18.4 Å². The molecule has 2 aromatic heterocycles. The van der Waals surface area contributed by atoms with Gasteiger partial charge in [-0.2, -0.15) is 0 Å². The van der Waals surface area contributed by atoms with E-state index in [1.165, 1.54) is 35.2 Å². The molecule has 1 aromatic carbocycles. The first-order valence-electron chi connectivity index (χ1n) is 7.65. The van der Waals surface area contributed by atoms with Crippen LogP contribution in [0.25, 0.3) is 16.9 Å². The van der Waals surface area contributed by atoms with E-state index >= 15 is 0 Å². The summed E-state index contributed by atoms with van der Waals surface area (Å²) < 4.78 is 2.15. The average molecular weight is 277 g/mol. The summed E-state index contributed by atoms with van der Waals surface area (Å²) in [5.41, 5.74) is 6.43. The van der Waals surface area contributed by atoms with Crippen molar-refractivity contribution in [2.24, 2.45) is 0 Å². The number of pyridine rings is 1. The fourth-order valence-corrected chi connectivity index (χ4v) is 3.42. The smallest absolute Gasteiger partial charge is 0.137 e. The number of hydrogen-bond acceptors (Lipinski definition) is 2. The summed E-state index contributed by atoms with van der Waals surface area (Å²) in [5.74, 6) is 0. The molecule has 0 bridgehead atoms. The van der Waals surface area contributed by atoms with Crippen LogP contribution in [0.4, 0.5) is 0 Å². The average Bonchev–Trinajstić information content (AvgIpc) is 3.13. The van der Waals surface area contributed by atoms with E-state index in [2.05, 4.69) is 52.0 Å². The molecule has 1 unspecified atom stereocenters. The summed E-state index contributed by atoms with van der Waals surface area (Å²) in [5, 5.41) is 3.57. The Balaban J connectivity index is 1.79. The standard InChI is InChI=1S/C18H19N3/c1-2-19-16-9-7-13-12-14(6-8-15(13)16)17-4-3-5-18-20-10-11-21(17)18/h3-6,8,10-12,16,19H,2,7,9H2,1H3. The molecule has 106 valence electrons. The summed E-state index contributed by atoms with van der Waals surface area (Å²) in [6.45, 7) is 3.20. The maximum Gasteiger partial charge on any atom is 0.137 e. The van der Waals surface area contributed by atoms with Crippen molar-refractivity contribution in [3.8, 4) is 11.3 Å². The lowest BCUT2D eigenvalue weighted by Gasteiger charge is -2.13. The normalized spacial score (nSPS) is 17.3. The highest BCUT2D eigenvalue weighted by Gasteiger charge is 2.21. The fraction of sp³-hybridized carbons (Fsp3) is 0.278. The highest BCUT2D eigenvalue weighted by Crippen LogP contribution is 2.34. The van der Waals surface area contributed by atoms with Crippen molar-refractivity contribution in [3.05, 3.63) is 59.9 Å². The van der Waals surface area contributed by atoms with Gasteiger partial charge in [0.05, 0.1) is 5.69 Å². The fourth-order valence-electron chi connectivity index (χ4n) is 3.42. The van der Waals surface area contributed by atoms with Crippen LogP contribution in [0.2, 0.25) is 0 Å². The Labute approximate surface area is 124 Å². The number of nitrogens with zero attached hydrogens (tertiary/aromatic N) is 2. The van der Waals surface area contributed by atoms with Gasteiger partial charge in [0.25, 0.3) is 0 Å². The zero-order valence-corrected chi connectivity index (χ0v) is 12.2. The summed E-state index contributed by atoms with van der Waals surface area (Å²) in [6.07, 6.45) is 6.26. The van der Waals surface area contributed by atoms with Crippen LogP contribution in [-0.4, -0.2) is 15.9 Å². The topological polar surface area (TPSA) is 29.3 Å². The van der Waals surface area contributed by atoms with Crippen LogP contribution in [0.15, 0.2) is 48.8 Å². The van der Waals surface area contributed by atoms with E-state index in [1.54, 1.807) is 0 Å². The Morgan fingerprint density at radius 1 is 1.29 bits per heavy atom. The Morgan fingerprint density at radius 3 is 3.14 bits per heavy atom. The van der Waals surface area contributed by atoms with Crippen molar-refractivity contribution in [1.82, 2.24) is 14.7 Å². The number of benzene rings is 1. The number of aromatic nitrogens is 2. The quantitative estimate of drug-likeness (QED) is 0.792. The van der Waals surface area contributed by atoms with E-state index in [0.717, 1.165) is 12.2 Å². The Kier molecular flexibility index (Phi) is 3.00. The molecule has 1 N–H and O–H groups in total. The van der Waals surface area contributed by atoms with Crippen LogP contribution in [0.1, 0.15) is 30.5 Å². The van der Waals surface area contributed by atoms with Gasteiger partial charge in [-0.05, 0) is 54.3 Å². The van der Waals surface area contributed by atoms with Gasteiger partial charge in [0.2, 0.25) is 0 Å². The maximum absolute atomic E-state index is 4.37. The van der Waals surface area contributed by atoms with Crippen LogP contribution in [0.3, 0.4) is 0 Å². The lowest BCUT2D eigenvalue weighted by atomic mass is 10.0. The number of rotatable bonds is 3. The highest BCUT2D eigenvalue weighted by atomic mass is 15.0. The molecule has 0 saturated carbocycles. The van der Waals surface area contributed by atoms with Crippen molar-refractivity contribution in [1.29, 1.82) is 0 Å². The Morgan fingerprint density at radius 2 is 2.24 bits per heavy atom. The SMILES string of the molecule is CCNC1CCc2cc(-c3cccc4nccn34)ccc21. The van der Waals surface area contributed by atoms with Gasteiger partial charge in [-0.15, -0.1) is 0 Å². The van der Waals surface area contributed by atoms with Crippen LogP contribution in [0.5, 0.6) is 0 Å². The van der Waals surface area contributed by atoms with Crippen LogP contribution >= 0.6 is 0 Å². The molecule has 4 rings (SSSR count). The number of nitrogens with one attached hydrogen (secondary N) is 1. The molecule has 1 atom stereocenters. The van der Waals surface area contributed by atoms with Crippen molar-refractivity contribution in [2.45, 2.75) is 25.8 Å². The maximum atomic E-state index is 4.37. The lowest BCUT2D eigenvalue weighted by Crippen LogP contribution is -2.18. The van der Waals surface area contributed by atoms with Crippen LogP contribution in [-0.2, 0) is 6.42 Å². The van der Waals surface area contributed by atoms with E-state index in [4.69, 9.17) is 0 Å². The monoisotopic (exact) mass is 277 g/mol. The molecule has 3 nitrogen and oxygen atoms in total. The molecule has 0 saturated heterocycles. The molecule has 0 spiro atoms. The molecule has 0 fully saturated rings. The highest BCUT2D eigenvalue weighted by molar-refractivity contribution is 5.65. The molecular weight excluding hydrogens is 258 g/mol. The molecule has 0 aliphatic heterocycles. The molecule has 0 amide bonds. The second-order valence-electron chi connectivity index (χ2n) is 5.63. The van der Waals surface area contributed by atoms with E-state index < -0.39 is 0 Å². The Bertz CT molecular complexity index is 788. The molecule has 21 heavy (non-hydrogen) atoms. The Hall–Kier alpha value is -2.13. The van der Waals surface area contributed by atoms with E-state index in [9.17, 15) is 0 Å². The first-order chi connectivity index (χ1) is 10.4. The predicted molar refractivity (Wildman–Crippen MR) is 85.4 cm³/mol. The largest absolute Gasteiger partial charge is 0.310 e. The van der Waals surface area contributed by atoms with Crippen molar-refractivity contribution >= 4 is 5.65 Å². The molecular formula is C18H19N3. The zero-order valence-electron chi connectivity index (χ0n) is 12.2. The van der Waals surface area contributed by atoms with Crippen molar-refractivity contribution in [3.63, 3.8) is 0 Å². The van der Waals surface area contributed by atoms with Gasteiger partial charge in [-0.25, -0.2) is 4.98 Å².